The first-order valence-electron chi connectivity index (χ1n) is 8.06. The minimum atomic E-state index is -0.850. The van der Waals surface area contributed by atoms with Gasteiger partial charge in [0, 0.05) is 11.6 Å². The van der Waals surface area contributed by atoms with Crippen molar-refractivity contribution in [3.8, 4) is 11.4 Å². The van der Waals surface area contributed by atoms with E-state index in [2.05, 4.69) is 20.7 Å². The second kappa shape index (κ2) is 7.38. The minimum absolute atomic E-state index is 0.106. The van der Waals surface area contributed by atoms with Crippen LogP contribution in [0.25, 0.3) is 11.4 Å². The Morgan fingerprint density at radius 3 is 2.50 bits per heavy atom. The molecule has 0 aliphatic carbocycles. The van der Waals surface area contributed by atoms with Crippen LogP contribution in [0.2, 0.25) is 0 Å². The second-order valence-corrected chi connectivity index (χ2v) is 6.10. The SMILES string of the molecule is CC(C)C(C(=O)Nc1ccc(F)cc1F)n1nnc(-c2ccccc2)n1. The zero-order valence-electron chi connectivity index (χ0n) is 14.2. The summed E-state index contributed by atoms with van der Waals surface area (Å²) in [7, 11) is 0. The number of hydrogen-bond donors (Lipinski definition) is 1. The Bertz CT molecular complexity index is 911. The van der Waals surface area contributed by atoms with E-state index in [4.69, 9.17) is 0 Å². The number of anilines is 1. The molecular weight excluding hydrogens is 340 g/mol. The number of benzene rings is 2. The molecule has 8 heteroatoms. The summed E-state index contributed by atoms with van der Waals surface area (Å²) in [5.74, 6) is -1.88. The number of hydrogen-bond acceptors (Lipinski definition) is 4. The molecule has 1 N–H and O–H groups in total. The number of carbonyl (C=O) groups excluding carboxylic acids is 1. The van der Waals surface area contributed by atoms with Crippen molar-refractivity contribution in [3.63, 3.8) is 0 Å². The van der Waals surface area contributed by atoms with E-state index in [1.807, 2.05) is 44.2 Å². The normalized spacial score (nSPS) is 12.2. The van der Waals surface area contributed by atoms with Crippen LogP contribution in [0.1, 0.15) is 19.9 Å². The van der Waals surface area contributed by atoms with E-state index in [1.54, 1.807) is 0 Å². The van der Waals surface area contributed by atoms with Gasteiger partial charge in [-0.05, 0) is 23.3 Å². The quantitative estimate of drug-likeness (QED) is 0.759. The molecule has 2 aromatic carbocycles. The largest absolute Gasteiger partial charge is 0.322 e. The highest BCUT2D eigenvalue weighted by Crippen LogP contribution is 2.22. The van der Waals surface area contributed by atoms with E-state index < -0.39 is 23.6 Å². The number of nitrogens with one attached hydrogen (secondary N) is 1. The van der Waals surface area contributed by atoms with Gasteiger partial charge >= 0.3 is 0 Å². The summed E-state index contributed by atoms with van der Waals surface area (Å²) >= 11 is 0. The lowest BCUT2D eigenvalue weighted by atomic mass is 10.0. The van der Waals surface area contributed by atoms with Crippen LogP contribution in [0.3, 0.4) is 0 Å². The van der Waals surface area contributed by atoms with Gasteiger partial charge in [-0.2, -0.15) is 4.80 Å². The maximum absolute atomic E-state index is 13.8. The average Bonchev–Trinajstić information content (AvgIpc) is 3.07. The Balaban J connectivity index is 1.85. The lowest BCUT2D eigenvalue weighted by Gasteiger charge is -2.19. The molecule has 6 nitrogen and oxygen atoms in total. The number of halogens is 2. The molecule has 1 atom stereocenters. The molecule has 0 spiro atoms. The van der Waals surface area contributed by atoms with E-state index in [1.165, 1.54) is 10.9 Å². The predicted molar refractivity (Wildman–Crippen MR) is 92.1 cm³/mol. The molecule has 1 aromatic heterocycles. The van der Waals surface area contributed by atoms with Gasteiger partial charge in [-0.1, -0.05) is 44.2 Å². The third kappa shape index (κ3) is 3.74. The third-order valence-electron chi connectivity index (χ3n) is 3.80. The molecule has 0 fully saturated rings. The molecule has 0 saturated carbocycles. The second-order valence-electron chi connectivity index (χ2n) is 6.10. The topological polar surface area (TPSA) is 72.7 Å². The molecule has 1 unspecified atom stereocenters. The predicted octanol–water partition coefficient (Wildman–Crippen LogP) is 3.45. The van der Waals surface area contributed by atoms with E-state index in [0.29, 0.717) is 11.9 Å². The molecule has 0 bridgehead atoms. The molecule has 26 heavy (non-hydrogen) atoms. The lowest BCUT2D eigenvalue weighted by molar-refractivity contribution is -0.121. The molecule has 0 aliphatic heterocycles. The molecule has 0 aliphatic rings. The maximum atomic E-state index is 13.8. The summed E-state index contributed by atoms with van der Waals surface area (Å²) in [6.45, 7) is 3.63. The van der Waals surface area contributed by atoms with E-state index in [0.717, 1.165) is 11.6 Å². The van der Waals surface area contributed by atoms with E-state index in [-0.39, 0.29) is 11.6 Å². The van der Waals surface area contributed by atoms with Gasteiger partial charge in [-0.25, -0.2) is 8.78 Å². The first-order chi connectivity index (χ1) is 12.5. The van der Waals surface area contributed by atoms with Crippen LogP contribution in [0.4, 0.5) is 14.5 Å². The summed E-state index contributed by atoms with van der Waals surface area (Å²) in [4.78, 5) is 13.8. The van der Waals surface area contributed by atoms with Crippen molar-refractivity contribution in [2.75, 3.05) is 5.32 Å². The van der Waals surface area contributed by atoms with Crippen LogP contribution in [0, 0.1) is 17.6 Å². The van der Waals surface area contributed by atoms with Crippen LogP contribution in [-0.2, 0) is 4.79 Å². The lowest BCUT2D eigenvalue weighted by Crippen LogP contribution is -2.31. The van der Waals surface area contributed by atoms with Gasteiger partial charge < -0.3 is 5.32 Å². The number of rotatable bonds is 5. The minimum Gasteiger partial charge on any atom is -0.322 e. The van der Waals surface area contributed by atoms with Gasteiger partial charge in [0.15, 0.2) is 6.04 Å². The number of carbonyl (C=O) groups is 1. The zero-order valence-corrected chi connectivity index (χ0v) is 14.2. The Labute approximate surface area is 148 Å². The Kier molecular flexibility index (Phi) is 5.01. The highest BCUT2D eigenvalue weighted by molar-refractivity contribution is 5.93. The fourth-order valence-corrected chi connectivity index (χ4v) is 2.52. The number of tetrazole rings is 1. The number of aromatic nitrogens is 4. The maximum Gasteiger partial charge on any atom is 0.251 e. The van der Waals surface area contributed by atoms with Crippen LogP contribution in [-0.4, -0.2) is 26.1 Å². The molecule has 134 valence electrons. The highest BCUT2D eigenvalue weighted by Gasteiger charge is 2.28. The zero-order chi connectivity index (χ0) is 18.7. The third-order valence-corrected chi connectivity index (χ3v) is 3.80. The molecule has 3 aromatic rings. The first kappa shape index (κ1) is 17.7. The molecule has 3 rings (SSSR count). The van der Waals surface area contributed by atoms with E-state index in [9.17, 15) is 13.6 Å². The Morgan fingerprint density at radius 2 is 1.85 bits per heavy atom. The van der Waals surface area contributed by atoms with Crippen LogP contribution >= 0.6 is 0 Å². The highest BCUT2D eigenvalue weighted by atomic mass is 19.1. The fraction of sp³-hybridized carbons (Fsp3) is 0.222. The van der Waals surface area contributed by atoms with Crippen molar-refractivity contribution >= 4 is 11.6 Å². The van der Waals surface area contributed by atoms with E-state index >= 15 is 0 Å². The van der Waals surface area contributed by atoms with Crippen molar-refractivity contribution in [2.45, 2.75) is 19.9 Å². The van der Waals surface area contributed by atoms with Crippen molar-refractivity contribution < 1.29 is 13.6 Å². The Hall–Kier alpha value is -3.16. The van der Waals surface area contributed by atoms with Crippen LogP contribution in [0.5, 0.6) is 0 Å². The van der Waals surface area contributed by atoms with Crippen molar-refractivity contribution in [2.24, 2.45) is 5.92 Å². The number of nitrogens with zero attached hydrogens (tertiary/aromatic N) is 4. The van der Waals surface area contributed by atoms with Crippen LogP contribution in [0.15, 0.2) is 48.5 Å². The standard InChI is InChI=1S/C18H17F2N5O/c1-11(2)16(18(26)21-15-9-8-13(19)10-14(15)20)25-23-17(22-24-25)12-6-4-3-5-7-12/h3-11,16H,1-2H3,(H,21,26). The van der Waals surface area contributed by atoms with Gasteiger partial charge in [-0.15, -0.1) is 10.2 Å². The molecule has 0 saturated heterocycles. The molecular formula is C18H17F2N5O. The van der Waals surface area contributed by atoms with Crippen molar-refractivity contribution in [1.82, 2.24) is 20.2 Å². The van der Waals surface area contributed by atoms with Gasteiger partial charge in [-0.3, -0.25) is 4.79 Å². The summed E-state index contributed by atoms with van der Waals surface area (Å²) in [5.41, 5.74) is 0.664. The molecule has 0 radical (unpaired) electrons. The first-order valence-corrected chi connectivity index (χ1v) is 8.06. The van der Waals surface area contributed by atoms with Gasteiger partial charge in [0.25, 0.3) is 5.91 Å². The molecule has 1 amide bonds. The monoisotopic (exact) mass is 357 g/mol. The van der Waals surface area contributed by atoms with Crippen molar-refractivity contribution in [1.29, 1.82) is 0 Å². The summed E-state index contributed by atoms with van der Waals surface area (Å²) in [6, 6.07) is 11.4. The average molecular weight is 357 g/mol. The van der Waals surface area contributed by atoms with Gasteiger partial charge in [0.05, 0.1) is 5.69 Å². The Morgan fingerprint density at radius 1 is 1.12 bits per heavy atom. The smallest absolute Gasteiger partial charge is 0.251 e. The number of amides is 1. The fourth-order valence-electron chi connectivity index (χ4n) is 2.52. The van der Waals surface area contributed by atoms with Gasteiger partial charge in [0.1, 0.15) is 11.6 Å². The van der Waals surface area contributed by atoms with Gasteiger partial charge in [0.2, 0.25) is 5.82 Å². The van der Waals surface area contributed by atoms with Crippen molar-refractivity contribution in [3.05, 3.63) is 60.2 Å². The summed E-state index contributed by atoms with van der Waals surface area (Å²) in [5, 5.41) is 14.7. The molecule has 1 heterocycles. The van der Waals surface area contributed by atoms with Crippen LogP contribution < -0.4 is 5.32 Å². The summed E-state index contributed by atoms with van der Waals surface area (Å²) < 4.78 is 26.8. The summed E-state index contributed by atoms with van der Waals surface area (Å²) in [6.07, 6.45) is 0.